The maximum atomic E-state index is 3.52. The lowest BCUT2D eigenvalue weighted by Crippen LogP contribution is -2.66. The third-order valence-electron chi connectivity index (χ3n) is 2.87. The zero-order chi connectivity index (χ0) is 10.3. The Hall–Kier alpha value is -0.0800. The van der Waals surface area contributed by atoms with Crippen LogP contribution in [-0.2, 0) is 0 Å². The molecule has 1 N–H and O–H groups in total. The monoisotopic (exact) mass is 186 g/mol. The molecule has 1 atom stereocenters. The van der Waals surface area contributed by atoms with Crippen molar-refractivity contribution in [2.24, 2.45) is 0 Å². The molecule has 0 saturated carbocycles. The van der Waals surface area contributed by atoms with Crippen molar-refractivity contribution in [3.05, 3.63) is 0 Å². The fraction of sp³-hybridized carbons (Fsp3) is 1.00. The van der Waals surface area contributed by atoms with E-state index in [0.29, 0.717) is 5.66 Å². The first-order valence-corrected chi connectivity index (χ1v) is 5.71. The van der Waals surface area contributed by atoms with E-state index in [-0.39, 0.29) is 0 Å². The van der Waals surface area contributed by atoms with E-state index in [4.69, 9.17) is 0 Å². The van der Waals surface area contributed by atoms with E-state index in [2.05, 4.69) is 31.1 Å². The van der Waals surface area contributed by atoms with Crippen molar-refractivity contribution in [2.45, 2.75) is 52.6 Å². The summed E-state index contributed by atoms with van der Waals surface area (Å²) in [6.45, 7) is 10.9. The Morgan fingerprint density at radius 2 is 1.85 bits per heavy atom. The van der Waals surface area contributed by atoms with Gasteiger partial charge in [0.2, 0.25) is 0 Å². The highest BCUT2D eigenvalue weighted by Gasteiger charge is 2.37. The van der Waals surface area contributed by atoms with Gasteiger partial charge in [0.05, 0.1) is 5.66 Å². The topological polar surface area (TPSA) is 15.3 Å². The summed E-state index contributed by atoms with van der Waals surface area (Å²) in [5.74, 6) is 0. The van der Waals surface area contributed by atoms with Crippen molar-refractivity contribution in [3.63, 3.8) is 0 Å². The smallest absolute Gasteiger partial charge is 0.0719 e. The van der Waals surface area contributed by atoms with Crippen LogP contribution < -0.4 is 5.32 Å². The first kappa shape index (κ1) is 12.9. The molecular formula is C11H26N2. The Bertz CT molecular complexity index is 114. The second-order valence-electron chi connectivity index (χ2n) is 3.48. The van der Waals surface area contributed by atoms with E-state index >= 15 is 0 Å². The average Bonchev–Trinajstić information content (AvgIpc) is 2.07. The van der Waals surface area contributed by atoms with E-state index in [9.17, 15) is 0 Å². The van der Waals surface area contributed by atoms with Gasteiger partial charge < -0.3 is 0 Å². The van der Waals surface area contributed by atoms with Gasteiger partial charge in [-0.25, -0.2) is 0 Å². The molecule has 1 aliphatic heterocycles. The number of rotatable bonds is 4. The number of hydrogen-bond donors (Lipinski definition) is 1. The number of nitrogens with one attached hydrogen (secondary N) is 1. The molecule has 0 spiro atoms. The minimum absolute atomic E-state index is 0.357. The highest BCUT2D eigenvalue weighted by atomic mass is 15.3. The maximum absolute atomic E-state index is 3.52. The van der Waals surface area contributed by atoms with Crippen LogP contribution in [0.2, 0.25) is 0 Å². The fourth-order valence-corrected chi connectivity index (χ4v) is 1.86. The summed E-state index contributed by atoms with van der Waals surface area (Å²) in [5.41, 5.74) is 0.357. The molecule has 0 bridgehead atoms. The van der Waals surface area contributed by atoms with Crippen molar-refractivity contribution >= 4 is 0 Å². The third-order valence-corrected chi connectivity index (χ3v) is 2.87. The normalized spacial score (nSPS) is 26.3. The number of nitrogens with zero attached hydrogens (tertiary/aromatic N) is 1. The van der Waals surface area contributed by atoms with Crippen LogP contribution in [0.3, 0.4) is 0 Å². The molecule has 1 unspecified atom stereocenters. The Morgan fingerprint density at radius 3 is 2.08 bits per heavy atom. The fourth-order valence-electron chi connectivity index (χ4n) is 1.86. The molecular weight excluding hydrogens is 160 g/mol. The standard InChI is InChI=1S/C9H20N2.C2H6/c1-4-8-11(3)9(5-2)6-7-10-9;1-2/h10H,4-8H2,1-3H3;1-2H3. The molecule has 0 radical (unpaired) electrons. The first-order chi connectivity index (χ1) is 6.25. The van der Waals surface area contributed by atoms with Gasteiger partial charge in [-0.05, 0) is 39.4 Å². The van der Waals surface area contributed by atoms with Gasteiger partial charge in [-0.3, -0.25) is 10.2 Å². The van der Waals surface area contributed by atoms with Crippen LogP contribution in [0.5, 0.6) is 0 Å². The summed E-state index contributed by atoms with van der Waals surface area (Å²) >= 11 is 0. The lowest BCUT2D eigenvalue weighted by molar-refractivity contribution is 0.0129. The maximum Gasteiger partial charge on any atom is 0.0719 e. The molecule has 13 heavy (non-hydrogen) atoms. The van der Waals surface area contributed by atoms with Gasteiger partial charge in [-0.15, -0.1) is 0 Å². The van der Waals surface area contributed by atoms with Crippen LogP contribution in [-0.4, -0.2) is 30.7 Å². The van der Waals surface area contributed by atoms with Crippen LogP contribution in [0, 0.1) is 0 Å². The molecule has 1 aliphatic rings. The minimum atomic E-state index is 0.357. The van der Waals surface area contributed by atoms with Gasteiger partial charge in [-0.1, -0.05) is 27.7 Å². The SMILES string of the molecule is CC.CCCN(C)C1(CC)CCN1. The summed E-state index contributed by atoms with van der Waals surface area (Å²) < 4.78 is 0. The predicted molar refractivity (Wildman–Crippen MR) is 59.9 cm³/mol. The Kier molecular flexibility index (Phi) is 6.35. The van der Waals surface area contributed by atoms with Crippen LogP contribution in [0.25, 0.3) is 0 Å². The molecule has 1 saturated heterocycles. The van der Waals surface area contributed by atoms with Gasteiger partial charge in [-0.2, -0.15) is 0 Å². The summed E-state index contributed by atoms with van der Waals surface area (Å²) in [7, 11) is 2.22. The predicted octanol–water partition coefficient (Wildman–Crippen LogP) is 2.45. The second kappa shape index (κ2) is 6.39. The molecule has 2 nitrogen and oxygen atoms in total. The summed E-state index contributed by atoms with van der Waals surface area (Å²) in [5, 5.41) is 3.52. The molecule has 80 valence electrons. The lowest BCUT2D eigenvalue weighted by atomic mass is 9.93. The molecule has 2 heteroatoms. The van der Waals surface area contributed by atoms with Crippen LogP contribution >= 0.6 is 0 Å². The van der Waals surface area contributed by atoms with Crippen molar-refractivity contribution < 1.29 is 0 Å². The second-order valence-corrected chi connectivity index (χ2v) is 3.48. The van der Waals surface area contributed by atoms with Gasteiger partial charge in [0.1, 0.15) is 0 Å². The van der Waals surface area contributed by atoms with Crippen LogP contribution in [0.4, 0.5) is 0 Å². The van der Waals surface area contributed by atoms with E-state index in [1.54, 1.807) is 0 Å². The van der Waals surface area contributed by atoms with E-state index < -0.39 is 0 Å². The molecule has 0 amide bonds. The van der Waals surface area contributed by atoms with Crippen LogP contribution in [0.15, 0.2) is 0 Å². The Balaban J connectivity index is 0.000000671. The zero-order valence-corrected chi connectivity index (χ0v) is 9.98. The number of hydrogen-bond acceptors (Lipinski definition) is 2. The molecule has 0 aliphatic carbocycles. The van der Waals surface area contributed by atoms with Crippen molar-refractivity contribution in [2.75, 3.05) is 20.1 Å². The third kappa shape index (κ3) is 2.96. The quantitative estimate of drug-likeness (QED) is 0.725. The highest BCUT2D eigenvalue weighted by molar-refractivity contribution is 4.93. The Morgan fingerprint density at radius 1 is 1.31 bits per heavy atom. The van der Waals surface area contributed by atoms with Crippen molar-refractivity contribution in [1.29, 1.82) is 0 Å². The summed E-state index contributed by atoms with van der Waals surface area (Å²) in [6, 6.07) is 0. The highest BCUT2D eigenvalue weighted by Crippen LogP contribution is 2.25. The Labute approximate surface area is 83.7 Å². The molecule has 1 rings (SSSR count). The van der Waals surface area contributed by atoms with Gasteiger partial charge in [0.15, 0.2) is 0 Å². The van der Waals surface area contributed by atoms with E-state index in [0.717, 1.165) is 0 Å². The molecule has 0 aromatic heterocycles. The van der Waals surface area contributed by atoms with E-state index in [1.807, 2.05) is 13.8 Å². The van der Waals surface area contributed by atoms with Gasteiger partial charge in [0.25, 0.3) is 0 Å². The van der Waals surface area contributed by atoms with E-state index in [1.165, 1.54) is 32.4 Å². The average molecular weight is 186 g/mol. The first-order valence-electron chi connectivity index (χ1n) is 5.71. The lowest BCUT2D eigenvalue weighted by Gasteiger charge is -2.49. The zero-order valence-electron chi connectivity index (χ0n) is 9.98. The minimum Gasteiger partial charge on any atom is -0.299 e. The molecule has 1 fully saturated rings. The largest absolute Gasteiger partial charge is 0.299 e. The molecule has 0 aromatic rings. The van der Waals surface area contributed by atoms with Gasteiger partial charge >= 0.3 is 0 Å². The van der Waals surface area contributed by atoms with Gasteiger partial charge in [0, 0.05) is 0 Å². The van der Waals surface area contributed by atoms with Crippen molar-refractivity contribution in [3.8, 4) is 0 Å². The summed E-state index contributed by atoms with van der Waals surface area (Å²) in [6.07, 6.45) is 3.80. The molecule has 1 heterocycles. The van der Waals surface area contributed by atoms with Crippen molar-refractivity contribution in [1.82, 2.24) is 10.2 Å². The molecule has 0 aromatic carbocycles. The summed E-state index contributed by atoms with van der Waals surface area (Å²) in [4.78, 5) is 2.45. The van der Waals surface area contributed by atoms with Crippen LogP contribution in [0.1, 0.15) is 47.0 Å².